The fraction of sp³-hybridized carbons (Fsp3) is 0.241. The number of ether oxygens (including phenoxy) is 2. The minimum atomic E-state index is -0.119. The smallest absolute Gasteiger partial charge is 0.252 e. The molecule has 194 valence electrons. The molecule has 0 aliphatic heterocycles. The number of H-pyrrole nitrogens is 1. The summed E-state index contributed by atoms with van der Waals surface area (Å²) in [5.41, 5.74) is 3.62. The number of tetrazole rings is 1. The summed E-state index contributed by atoms with van der Waals surface area (Å²) in [6.07, 6.45) is 0.823. The number of hydrogen-bond acceptors (Lipinski definition) is 7. The molecule has 3 aromatic carbocycles. The maximum Gasteiger partial charge on any atom is 0.252 e. The number of rotatable bonds is 11. The van der Waals surface area contributed by atoms with Crippen molar-refractivity contribution < 1.29 is 9.47 Å². The van der Waals surface area contributed by atoms with E-state index in [0.29, 0.717) is 31.7 Å². The molecule has 9 nitrogen and oxygen atoms in total. The summed E-state index contributed by atoms with van der Waals surface area (Å²) >= 11 is 0. The molecule has 0 atom stereocenters. The predicted octanol–water partition coefficient (Wildman–Crippen LogP) is 3.98. The number of nitrogens with one attached hydrogen (secondary N) is 1. The second-order valence-electron chi connectivity index (χ2n) is 9.12. The van der Waals surface area contributed by atoms with Gasteiger partial charge in [0.1, 0.15) is 11.5 Å². The summed E-state index contributed by atoms with van der Waals surface area (Å²) < 4.78 is 12.5. The van der Waals surface area contributed by atoms with Crippen molar-refractivity contribution in [2.24, 2.45) is 0 Å². The van der Waals surface area contributed by atoms with Crippen LogP contribution >= 0.6 is 0 Å². The molecule has 0 saturated carbocycles. The number of benzene rings is 3. The normalized spacial score (nSPS) is 11.2. The van der Waals surface area contributed by atoms with Crippen LogP contribution in [-0.4, -0.2) is 44.3 Å². The topological polar surface area (TPSA) is 98.2 Å². The number of pyridine rings is 1. The lowest BCUT2D eigenvalue weighted by molar-refractivity contribution is 0.235. The Labute approximate surface area is 220 Å². The van der Waals surface area contributed by atoms with Crippen molar-refractivity contribution in [1.29, 1.82) is 0 Å². The van der Waals surface area contributed by atoms with Gasteiger partial charge in [0.2, 0.25) is 0 Å². The molecule has 0 aliphatic carbocycles. The van der Waals surface area contributed by atoms with Crippen molar-refractivity contribution in [3.8, 4) is 11.5 Å². The third-order valence-electron chi connectivity index (χ3n) is 6.51. The van der Waals surface area contributed by atoms with Gasteiger partial charge in [0.25, 0.3) is 5.56 Å². The molecule has 1 N–H and O–H groups in total. The molecule has 0 amide bonds. The standard InChI is InChI=1S/C29H30N6O3/c1-37-25-10-8-22(9-11-25)18-34(19-24-16-23-17-26(38-2)12-13-27(23)30-29(24)36)20-28-31-32-33-35(28)15-14-21-6-4-3-5-7-21/h3-13,16-17H,14-15,18-20H2,1-2H3,(H,30,36). The van der Waals surface area contributed by atoms with Gasteiger partial charge < -0.3 is 14.5 Å². The lowest BCUT2D eigenvalue weighted by Crippen LogP contribution is -2.28. The van der Waals surface area contributed by atoms with E-state index >= 15 is 0 Å². The maximum atomic E-state index is 13.0. The first-order chi connectivity index (χ1) is 18.6. The van der Waals surface area contributed by atoms with Gasteiger partial charge in [-0.15, -0.1) is 5.10 Å². The largest absolute Gasteiger partial charge is 0.497 e. The molecule has 0 radical (unpaired) electrons. The van der Waals surface area contributed by atoms with E-state index < -0.39 is 0 Å². The summed E-state index contributed by atoms with van der Waals surface area (Å²) in [5.74, 6) is 2.28. The molecule has 5 aromatic rings. The molecule has 9 heteroatoms. The monoisotopic (exact) mass is 510 g/mol. The van der Waals surface area contributed by atoms with Gasteiger partial charge in [-0.3, -0.25) is 9.69 Å². The number of nitrogens with zero attached hydrogens (tertiary/aromatic N) is 5. The van der Waals surface area contributed by atoms with Crippen molar-refractivity contribution in [3.05, 3.63) is 112 Å². The van der Waals surface area contributed by atoms with Crippen LogP contribution in [0.15, 0.2) is 83.7 Å². The van der Waals surface area contributed by atoms with Crippen molar-refractivity contribution in [1.82, 2.24) is 30.1 Å². The molecule has 0 bridgehead atoms. The number of aromatic nitrogens is 5. The fourth-order valence-electron chi connectivity index (χ4n) is 4.46. The summed E-state index contributed by atoms with van der Waals surface area (Å²) in [5, 5.41) is 13.4. The number of aryl methyl sites for hydroxylation is 2. The van der Waals surface area contributed by atoms with Gasteiger partial charge in [-0.05, 0) is 64.4 Å². The Morgan fingerprint density at radius 1 is 0.842 bits per heavy atom. The quantitative estimate of drug-likeness (QED) is 0.287. The van der Waals surface area contributed by atoms with Gasteiger partial charge >= 0.3 is 0 Å². The van der Waals surface area contributed by atoms with Gasteiger partial charge in [-0.25, -0.2) is 4.68 Å². The van der Waals surface area contributed by atoms with Crippen LogP contribution < -0.4 is 15.0 Å². The Balaban J connectivity index is 1.41. The van der Waals surface area contributed by atoms with Crippen LogP contribution in [0.1, 0.15) is 22.5 Å². The van der Waals surface area contributed by atoms with Crippen LogP contribution in [-0.2, 0) is 32.6 Å². The van der Waals surface area contributed by atoms with E-state index in [1.807, 2.05) is 71.4 Å². The summed E-state index contributed by atoms with van der Waals surface area (Å²) in [7, 11) is 3.28. The zero-order valence-electron chi connectivity index (χ0n) is 21.5. The van der Waals surface area contributed by atoms with E-state index in [-0.39, 0.29) is 5.56 Å². The third-order valence-corrected chi connectivity index (χ3v) is 6.51. The van der Waals surface area contributed by atoms with Gasteiger partial charge in [0.05, 0.1) is 20.8 Å². The van der Waals surface area contributed by atoms with Gasteiger partial charge in [-0.1, -0.05) is 42.5 Å². The first-order valence-corrected chi connectivity index (χ1v) is 12.5. The van der Waals surface area contributed by atoms with Gasteiger partial charge in [0.15, 0.2) is 5.82 Å². The fourth-order valence-corrected chi connectivity index (χ4v) is 4.46. The van der Waals surface area contributed by atoms with Gasteiger partial charge in [0, 0.05) is 36.1 Å². The van der Waals surface area contributed by atoms with Gasteiger partial charge in [-0.2, -0.15) is 0 Å². The highest BCUT2D eigenvalue weighted by Gasteiger charge is 2.16. The Kier molecular flexibility index (Phi) is 7.75. The van der Waals surface area contributed by atoms with E-state index in [9.17, 15) is 4.79 Å². The van der Waals surface area contributed by atoms with Crippen LogP contribution in [0, 0.1) is 0 Å². The minimum Gasteiger partial charge on any atom is -0.497 e. The second-order valence-corrected chi connectivity index (χ2v) is 9.12. The van der Waals surface area contributed by atoms with Crippen LogP contribution in [0.5, 0.6) is 11.5 Å². The summed E-state index contributed by atoms with van der Waals surface area (Å²) in [4.78, 5) is 18.2. The number of hydrogen-bond donors (Lipinski definition) is 1. The molecular formula is C29H30N6O3. The molecular weight excluding hydrogens is 480 g/mol. The van der Waals surface area contributed by atoms with E-state index in [2.05, 4.69) is 37.5 Å². The minimum absolute atomic E-state index is 0.119. The summed E-state index contributed by atoms with van der Waals surface area (Å²) in [6, 6.07) is 25.7. The first kappa shape index (κ1) is 25.2. The van der Waals surface area contributed by atoms with E-state index in [1.54, 1.807) is 14.2 Å². The van der Waals surface area contributed by atoms with Crippen molar-refractivity contribution in [3.63, 3.8) is 0 Å². The zero-order chi connectivity index (χ0) is 26.3. The molecule has 0 spiro atoms. The summed E-state index contributed by atoms with van der Waals surface area (Å²) in [6.45, 7) is 2.16. The van der Waals surface area contributed by atoms with E-state index in [0.717, 1.165) is 40.2 Å². The maximum absolute atomic E-state index is 13.0. The molecule has 38 heavy (non-hydrogen) atoms. The Morgan fingerprint density at radius 3 is 2.37 bits per heavy atom. The highest BCUT2D eigenvalue weighted by molar-refractivity contribution is 5.80. The molecule has 0 aliphatic rings. The Hall–Kier alpha value is -4.50. The van der Waals surface area contributed by atoms with Crippen LogP contribution in [0.3, 0.4) is 0 Å². The van der Waals surface area contributed by atoms with E-state index in [1.165, 1.54) is 5.56 Å². The second kappa shape index (κ2) is 11.7. The van der Waals surface area contributed by atoms with Crippen molar-refractivity contribution in [2.45, 2.75) is 32.6 Å². The molecule has 0 saturated heterocycles. The van der Waals surface area contributed by atoms with Crippen molar-refractivity contribution in [2.75, 3.05) is 14.2 Å². The number of methoxy groups -OCH3 is 2. The molecule has 2 heterocycles. The lowest BCUT2D eigenvalue weighted by atomic mass is 10.1. The van der Waals surface area contributed by atoms with Crippen LogP contribution in [0.4, 0.5) is 0 Å². The molecule has 5 rings (SSSR count). The number of fused-ring (bicyclic) bond motifs is 1. The number of aromatic amines is 1. The average Bonchev–Trinajstić information content (AvgIpc) is 3.39. The highest BCUT2D eigenvalue weighted by Crippen LogP contribution is 2.21. The van der Waals surface area contributed by atoms with E-state index in [4.69, 9.17) is 9.47 Å². The highest BCUT2D eigenvalue weighted by atomic mass is 16.5. The third kappa shape index (κ3) is 6.07. The van der Waals surface area contributed by atoms with Crippen LogP contribution in [0.2, 0.25) is 0 Å². The molecule has 0 fully saturated rings. The SMILES string of the molecule is COc1ccc(CN(Cc2cc3cc(OC)ccc3[nH]c2=O)Cc2nnnn2CCc2ccccc2)cc1. The lowest BCUT2D eigenvalue weighted by Gasteiger charge is -2.22. The molecule has 2 aromatic heterocycles. The molecule has 0 unspecified atom stereocenters. The van der Waals surface area contributed by atoms with Crippen LogP contribution in [0.25, 0.3) is 10.9 Å². The van der Waals surface area contributed by atoms with Crippen molar-refractivity contribution >= 4 is 10.9 Å². The predicted molar refractivity (Wildman–Crippen MR) is 145 cm³/mol. The Morgan fingerprint density at radius 2 is 1.61 bits per heavy atom. The zero-order valence-corrected chi connectivity index (χ0v) is 21.5. The first-order valence-electron chi connectivity index (χ1n) is 12.5. The Bertz CT molecular complexity index is 1550. The average molecular weight is 511 g/mol.